The quantitative estimate of drug-likeness (QED) is 0.0353. The first-order valence-corrected chi connectivity index (χ1v) is 27.1. The zero-order valence-electron chi connectivity index (χ0n) is 43.7. The summed E-state index contributed by atoms with van der Waals surface area (Å²) in [5.41, 5.74) is 0. The van der Waals surface area contributed by atoms with Gasteiger partial charge in [0.2, 0.25) is 0 Å². The summed E-state index contributed by atoms with van der Waals surface area (Å²) in [5.74, 6) is 1.28. The first-order chi connectivity index (χ1) is 29.5. The van der Waals surface area contributed by atoms with E-state index in [9.17, 15) is 0 Å². The maximum atomic E-state index is 9.10. The summed E-state index contributed by atoms with van der Waals surface area (Å²) in [6.07, 6.45) is 50.7. The Bertz CT molecular complexity index is 636. The minimum atomic E-state index is 0. The van der Waals surface area contributed by atoms with Gasteiger partial charge in [0.15, 0.2) is 0 Å². The SMILES string of the molecule is CCCCCCCCC(CCC)COCCO.CCCCCCCCC(CO)CCC.CCCCCCCCCCCCO.CCCCCCCCCCCCOCCO.[K+].[OH-]. The largest absolute Gasteiger partial charge is 1.00 e. The van der Waals surface area contributed by atoms with E-state index in [-0.39, 0.29) is 70.1 Å². The fraction of sp³-hybridized carbons (Fsp3) is 1.00. The van der Waals surface area contributed by atoms with Crippen LogP contribution in [-0.4, -0.2) is 78.8 Å². The second kappa shape index (κ2) is 76.6. The zero-order valence-corrected chi connectivity index (χ0v) is 46.9. The molecule has 5 N–H and O–H groups in total. The molecule has 0 heterocycles. The van der Waals surface area contributed by atoms with Gasteiger partial charge in [0.25, 0.3) is 0 Å². The predicted octanol–water partition coefficient (Wildman–Crippen LogP) is 13.0. The molecule has 8 heteroatoms. The molecule has 0 aliphatic rings. The maximum absolute atomic E-state index is 9.10. The third kappa shape index (κ3) is 78.5. The topological polar surface area (TPSA) is 129 Å². The van der Waals surface area contributed by atoms with Gasteiger partial charge in [0.1, 0.15) is 0 Å². The molecule has 7 nitrogen and oxygen atoms in total. The molecule has 0 aliphatic carbocycles. The first kappa shape index (κ1) is 74.9. The van der Waals surface area contributed by atoms with Crippen molar-refractivity contribution >= 4 is 0 Å². The smallest absolute Gasteiger partial charge is 0.870 e. The van der Waals surface area contributed by atoms with Gasteiger partial charge < -0.3 is 35.4 Å². The molecule has 376 valence electrons. The van der Waals surface area contributed by atoms with Crippen molar-refractivity contribution < 1.29 is 86.8 Å². The van der Waals surface area contributed by atoms with Gasteiger partial charge in [-0.25, -0.2) is 0 Å². The number of unbranched alkanes of at least 4 members (excludes halogenated alkanes) is 28. The second-order valence-corrected chi connectivity index (χ2v) is 17.8. The molecular formula is C54H117KO7. The normalized spacial score (nSPS) is 11.5. The summed E-state index contributed by atoms with van der Waals surface area (Å²) in [6, 6.07) is 0. The number of hydrogen-bond acceptors (Lipinski definition) is 7. The van der Waals surface area contributed by atoms with Crippen LogP contribution in [-0.2, 0) is 9.47 Å². The van der Waals surface area contributed by atoms with E-state index in [1.54, 1.807) is 0 Å². The molecule has 0 aliphatic heterocycles. The number of aliphatic hydroxyl groups is 4. The second-order valence-electron chi connectivity index (χ2n) is 17.8. The van der Waals surface area contributed by atoms with Crippen molar-refractivity contribution in [2.75, 3.05) is 52.9 Å². The summed E-state index contributed by atoms with van der Waals surface area (Å²) >= 11 is 0. The molecule has 0 aromatic carbocycles. The van der Waals surface area contributed by atoms with Crippen molar-refractivity contribution in [3.63, 3.8) is 0 Å². The first-order valence-electron chi connectivity index (χ1n) is 27.1. The van der Waals surface area contributed by atoms with Crippen molar-refractivity contribution in [1.82, 2.24) is 0 Å². The Hall–Kier alpha value is 1.36. The average molecular weight is 918 g/mol. The van der Waals surface area contributed by atoms with Crippen LogP contribution >= 0.6 is 0 Å². The zero-order chi connectivity index (χ0) is 45.1. The van der Waals surface area contributed by atoms with Crippen LogP contribution in [0.3, 0.4) is 0 Å². The van der Waals surface area contributed by atoms with Crippen LogP contribution in [0.15, 0.2) is 0 Å². The molecule has 0 radical (unpaired) electrons. The molecule has 0 saturated heterocycles. The monoisotopic (exact) mass is 917 g/mol. The number of ether oxygens (including phenoxy) is 2. The summed E-state index contributed by atoms with van der Waals surface area (Å²) in [7, 11) is 0. The Labute approximate surface area is 433 Å². The van der Waals surface area contributed by atoms with Crippen LogP contribution in [0.5, 0.6) is 0 Å². The van der Waals surface area contributed by atoms with E-state index in [4.69, 9.17) is 29.9 Å². The van der Waals surface area contributed by atoms with Crippen molar-refractivity contribution in [3.8, 4) is 0 Å². The minimum Gasteiger partial charge on any atom is -0.870 e. The summed E-state index contributed by atoms with van der Waals surface area (Å²) in [4.78, 5) is 0. The Morgan fingerprint density at radius 3 is 0.935 bits per heavy atom. The molecule has 2 atom stereocenters. The van der Waals surface area contributed by atoms with E-state index in [1.165, 1.54) is 231 Å². The Morgan fingerprint density at radius 1 is 0.290 bits per heavy atom. The summed E-state index contributed by atoms with van der Waals surface area (Å²) in [6.45, 7) is 17.2. The molecule has 2 unspecified atom stereocenters. The van der Waals surface area contributed by atoms with Crippen molar-refractivity contribution in [2.45, 2.75) is 286 Å². The van der Waals surface area contributed by atoms with Crippen LogP contribution in [0.2, 0.25) is 0 Å². The van der Waals surface area contributed by atoms with Gasteiger partial charge in [-0.1, -0.05) is 247 Å². The van der Waals surface area contributed by atoms with E-state index in [0.717, 1.165) is 26.1 Å². The van der Waals surface area contributed by atoms with Gasteiger partial charge in [-0.15, -0.1) is 0 Å². The maximum Gasteiger partial charge on any atom is 1.00 e. The van der Waals surface area contributed by atoms with E-state index in [1.807, 2.05) is 0 Å². The van der Waals surface area contributed by atoms with Crippen molar-refractivity contribution in [3.05, 3.63) is 0 Å². The van der Waals surface area contributed by atoms with Gasteiger partial charge in [-0.3, -0.25) is 0 Å². The molecule has 0 amide bonds. The summed E-state index contributed by atoms with van der Waals surface area (Å²) in [5, 5.41) is 34.8. The Morgan fingerprint density at radius 2 is 0.597 bits per heavy atom. The van der Waals surface area contributed by atoms with E-state index < -0.39 is 0 Å². The van der Waals surface area contributed by atoms with E-state index >= 15 is 0 Å². The molecule has 0 fully saturated rings. The van der Waals surface area contributed by atoms with E-state index in [0.29, 0.717) is 38.3 Å². The fourth-order valence-electron chi connectivity index (χ4n) is 7.65. The molecule has 0 saturated carbocycles. The number of aliphatic hydroxyl groups excluding tert-OH is 4. The van der Waals surface area contributed by atoms with Gasteiger partial charge in [-0.05, 0) is 50.4 Å². The summed E-state index contributed by atoms with van der Waals surface area (Å²) < 4.78 is 10.6. The Balaban J connectivity index is -0.000000168. The predicted molar refractivity (Wildman–Crippen MR) is 268 cm³/mol. The van der Waals surface area contributed by atoms with Gasteiger partial charge in [0.05, 0.1) is 26.4 Å². The van der Waals surface area contributed by atoms with Crippen LogP contribution in [0.25, 0.3) is 0 Å². The van der Waals surface area contributed by atoms with Crippen LogP contribution in [0.4, 0.5) is 0 Å². The average Bonchev–Trinajstić information content (AvgIpc) is 3.26. The minimum absolute atomic E-state index is 0. The third-order valence-electron chi connectivity index (χ3n) is 11.6. The van der Waals surface area contributed by atoms with Gasteiger partial charge in [0, 0.05) is 26.4 Å². The fourth-order valence-corrected chi connectivity index (χ4v) is 7.65. The third-order valence-corrected chi connectivity index (χ3v) is 11.6. The van der Waals surface area contributed by atoms with Crippen LogP contribution < -0.4 is 51.4 Å². The van der Waals surface area contributed by atoms with Gasteiger partial charge >= 0.3 is 51.4 Å². The molecule has 0 rings (SSSR count). The molecule has 0 aromatic heterocycles. The Kier molecular flexibility index (Phi) is 92.5. The number of rotatable bonds is 46. The van der Waals surface area contributed by atoms with Crippen molar-refractivity contribution in [2.24, 2.45) is 11.8 Å². The molecule has 0 bridgehead atoms. The van der Waals surface area contributed by atoms with E-state index in [2.05, 4.69) is 41.5 Å². The standard InChI is InChI=1S/C15H32O2.C14H30O2.C13H28O.C12H26O.K.H2O/c1-3-5-6-7-8-9-11-15(10-4-2)14-17-13-12-16;1-2-3-4-5-6-7-8-9-10-11-13-16-14-12-15;1-3-5-6-7-8-9-11-13(12-14)10-4-2;1-2-3-4-5-6-7-8-9-10-11-12-13;;/h15-16H,3-14H2,1-2H3;15H,2-14H2,1H3;13-14H,3-12H2,1-2H3;13H,2-12H2,1H3;;1H2/q;;;;+1;/p-1. The molecule has 0 aromatic rings. The van der Waals surface area contributed by atoms with Crippen LogP contribution in [0, 0.1) is 11.8 Å². The van der Waals surface area contributed by atoms with Crippen LogP contribution in [0.1, 0.15) is 286 Å². The number of hydrogen-bond donors (Lipinski definition) is 4. The molecule has 0 spiro atoms. The molecule has 62 heavy (non-hydrogen) atoms. The molecular weight excluding hydrogens is 800 g/mol. The van der Waals surface area contributed by atoms with Crippen molar-refractivity contribution in [1.29, 1.82) is 0 Å². The van der Waals surface area contributed by atoms with Gasteiger partial charge in [-0.2, -0.15) is 0 Å².